The summed E-state index contributed by atoms with van der Waals surface area (Å²) in [7, 11) is 3.13. The molecule has 0 spiro atoms. The number of aromatic nitrogens is 3. The molecule has 156 valence electrons. The number of thioether (sulfide) groups is 1. The molecule has 0 bridgehead atoms. The first-order valence-electron chi connectivity index (χ1n) is 9.31. The van der Waals surface area contributed by atoms with E-state index in [2.05, 4.69) is 22.1 Å². The Labute approximate surface area is 180 Å². The zero-order chi connectivity index (χ0) is 21.5. The second kappa shape index (κ2) is 9.98. The monoisotopic (exact) mass is 424 g/mol. The molecule has 2 aromatic carbocycles. The molecular weight excluding hydrogens is 400 g/mol. The zero-order valence-electron chi connectivity index (χ0n) is 17.2. The highest BCUT2D eigenvalue weighted by molar-refractivity contribution is 7.99. The molecule has 0 saturated heterocycles. The molecule has 0 atom stereocenters. The first-order chi connectivity index (χ1) is 14.5. The van der Waals surface area contributed by atoms with Gasteiger partial charge in [0, 0.05) is 36.0 Å². The van der Waals surface area contributed by atoms with E-state index in [4.69, 9.17) is 9.47 Å². The Bertz CT molecular complexity index is 1010. The number of hydrogen-bond acceptors (Lipinski definition) is 6. The van der Waals surface area contributed by atoms with E-state index < -0.39 is 0 Å². The van der Waals surface area contributed by atoms with Crippen molar-refractivity contribution >= 4 is 23.4 Å². The summed E-state index contributed by atoms with van der Waals surface area (Å²) in [6, 6.07) is 13.3. The van der Waals surface area contributed by atoms with E-state index in [0.29, 0.717) is 28.9 Å². The Morgan fingerprint density at radius 3 is 2.40 bits per heavy atom. The Morgan fingerprint density at radius 2 is 1.80 bits per heavy atom. The molecule has 8 heteroatoms. The number of methoxy groups -OCH3 is 2. The van der Waals surface area contributed by atoms with Gasteiger partial charge in [-0.3, -0.25) is 9.36 Å². The zero-order valence-corrected chi connectivity index (χ0v) is 18.0. The Morgan fingerprint density at radius 1 is 1.13 bits per heavy atom. The maximum absolute atomic E-state index is 12.5. The highest BCUT2D eigenvalue weighted by atomic mass is 32.2. The lowest BCUT2D eigenvalue weighted by Crippen LogP contribution is -2.15. The van der Waals surface area contributed by atoms with Crippen molar-refractivity contribution in [2.75, 3.05) is 25.3 Å². The van der Waals surface area contributed by atoms with Crippen LogP contribution in [0.25, 0.3) is 11.4 Å². The molecule has 0 saturated carbocycles. The summed E-state index contributed by atoms with van der Waals surface area (Å²) in [5.74, 6) is 1.97. The van der Waals surface area contributed by atoms with Gasteiger partial charge < -0.3 is 14.8 Å². The van der Waals surface area contributed by atoms with Gasteiger partial charge in [-0.1, -0.05) is 47.7 Å². The summed E-state index contributed by atoms with van der Waals surface area (Å²) in [6.45, 7) is 6.41. The van der Waals surface area contributed by atoms with Crippen molar-refractivity contribution in [3.63, 3.8) is 0 Å². The number of amides is 1. The molecule has 3 aromatic rings. The molecule has 1 amide bonds. The standard InChI is InChI=1S/C22H24N4O3S/c1-5-10-26-21(16-8-6-15(2)7-9-16)24-25-22(26)30-14-20(27)23-17-11-18(28-3)13-19(12-17)29-4/h5-9,11-13H,1,10,14H2,2-4H3,(H,23,27). The highest BCUT2D eigenvalue weighted by Crippen LogP contribution is 2.27. The van der Waals surface area contributed by atoms with E-state index >= 15 is 0 Å². The van der Waals surface area contributed by atoms with Crippen LogP contribution in [-0.2, 0) is 11.3 Å². The Hall–Kier alpha value is -3.26. The van der Waals surface area contributed by atoms with Gasteiger partial charge in [0.25, 0.3) is 0 Å². The third kappa shape index (κ3) is 5.21. The average Bonchev–Trinajstić information content (AvgIpc) is 3.15. The number of allylic oxidation sites excluding steroid dienone is 1. The minimum atomic E-state index is -0.166. The van der Waals surface area contributed by atoms with Crippen LogP contribution >= 0.6 is 11.8 Å². The van der Waals surface area contributed by atoms with Gasteiger partial charge in [-0.25, -0.2) is 0 Å². The van der Waals surface area contributed by atoms with Gasteiger partial charge in [-0.2, -0.15) is 0 Å². The molecule has 0 aliphatic rings. The Balaban J connectivity index is 1.71. The predicted octanol–water partition coefficient (Wildman–Crippen LogP) is 4.19. The summed E-state index contributed by atoms with van der Waals surface area (Å²) in [4.78, 5) is 12.5. The predicted molar refractivity (Wildman–Crippen MR) is 119 cm³/mol. The summed E-state index contributed by atoms with van der Waals surface area (Å²) >= 11 is 1.32. The van der Waals surface area contributed by atoms with Gasteiger partial charge in [0.2, 0.25) is 5.91 Å². The molecular formula is C22H24N4O3S. The number of nitrogens with zero attached hydrogens (tertiary/aromatic N) is 3. The van der Waals surface area contributed by atoms with E-state index in [9.17, 15) is 4.79 Å². The van der Waals surface area contributed by atoms with Crippen molar-refractivity contribution in [2.45, 2.75) is 18.6 Å². The quantitative estimate of drug-likeness (QED) is 0.410. The molecule has 1 aromatic heterocycles. The summed E-state index contributed by atoms with van der Waals surface area (Å²) in [6.07, 6.45) is 1.79. The van der Waals surface area contributed by atoms with E-state index in [1.54, 1.807) is 38.5 Å². The fourth-order valence-corrected chi connectivity index (χ4v) is 3.56. The number of hydrogen-bond donors (Lipinski definition) is 1. The van der Waals surface area contributed by atoms with Crippen molar-refractivity contribution in [1.82, 2.24) is 14.8 Å². The molecule has 0 fully saturated rings. The van der Waals surface area contributed by atoms with Crippen molar-refractivity contribution in [2.24, 2.45) is 0 Å². The van der Waals surface area contributed by atoms with Crippen LogP contribution in [0.1, 0.15) is 5.56 Å². The number of nitrogens with one attached hydrogen (secondary N) is 1. The second-order valence-electron chi connectivity index (χ2n) is 6.51. The summed E-state index contributed by atoms with van der Waals surface area (Å²) < 4.78 is 12.4. The van der Waals surface area contributed by atoms with Gasteiger partial charge >= 0.3 is 0 Å². The van der Waals surface area contributed by atoms with Crippen LogP contribution in [0.5, 0.6) is 11.5 Å². The van der Waals surface area contributed by atoms with Crippen LogP contribution in [0.2, 0.25) is 0 Å². The number of carbonyl (C=O) groups is 1. The number of rotatable bonds is 9. The first kappa shape index (κ1) is 21.4. The van der Waals surface area contributed by atoms with Crippen molar-refractivity contribution < 1.29 is 14.3 Å². The fraction of sp³-hybridized carbons (Fsp3) is 0.227. The molecule has 0 unspecified atom stereocenters. The molecule has 0 aliphatic heterocycles. The summed E-state index contributed by atoms with van der Waals surface area (Å²) in [5.41, 5.74) is 2.74. The normalized spacial score (nSPS) is 10.5. The number of carbonyl (C=O) groups excluding carboxylic acids is 1. The largest absolute Gasteiger partial charge is 0.497 e. The Kier molecular flexibility index (Phi) is 7.13. The number of anilines is 1. The molecule has 1 heterocycles. The van der Waals surface area contributed by atoms with Crippen LogP contribution in [0, 0.1) is 6.92 Å². The molecule has 30 heavy (non-hydrogen) atoms. The van der Waals surface area contributed by atoms with E-state index in [1.165, 1.54) is 17.3 Å². The SMILES string of the molecule is C=CCn1c(SCC(=O)Nc2cc(OC)cc(OC)c2)nnc1-c1ccc(C)cc1. The lowest BCUT2D eigenvalue weighted by Gasteiger charge is -2.10. The van der Waals surface area contributed by atoms with Gasteiger partial charge in [0.1, 0.15) is 11.5 Å². The van der Waals surface area contributed by atoms with Gasteiger partial charge in [-0.05, 0) is 6.92 Å². The summed E-state index contributed by atoms with van der Waals surface area (Å²) in [5, 5.41) is 12.1. The minimum absolute atomic E-state index is 0.166. The molecule has 0 aliphatic carbocycles. The lowest BCUT2D eigenvalue weighted by molar-refractivity contribution is -0.113. The molecule has 7 nitrogen and oxygen atoms in total. The van der Waals surface area contributed by atoms with Crippen molar-refractivity contribution in [3.8, 4) is 22.9 Å². The third-order valence-corrected chi connectivity index (χ3v) is 5.27. The third-order valence-electron chi connectivity index (χ3n) is 4.31. The smallest absolute Gasteiger partial charge is 0.234 e. The van der Waals surface area contributed by atoms with Crippen LogP contribution in [0.4, 0.5) is 5.69 Å². The van der Waals surface area contributed by atoms with Gasteiger partial charge in [-0.15, -0.1) is 16.8 Å². The highest BCUT2D eigenvalue weighted by Gasteiger charge is 2.15. The fourth-order valence-electron chi connectivity index (χ4n) is 2.81. The lowest BCUT2D eigenvalue weighted by atomic mass is 10.1. The van der Waals surface area contributed by atoms with Crippen LogP contribution in [0.15, 0.2) is 60.3 Å². The second-order valence-corrected chi connectivity index (χ2v) is 7.45. The first-order valence-corrected chi connectivity index (χ1v) is 10.3. The van der Waals surface area contributed by atoms with Crippen molar-refractivity contribution in [1.29, 1.82) is 0 Å². The van der Waals surface area contributed by atoms with E-state index in [-0.39, 0.29) is 11.7 Å². The topological polar surface area (TPSA) is 78.3 Å². The average molecular weight is 425 g/mol. The van der Waals surface area contributed by atoms with Crippen LogP contribution < -0.4 is 14.8 Å². The molecule has 3 rings (SSSR count). The molecule has 0 radical (unpaired) electrons. The van der Waals surface area contributed by atoms with Gasteiger partial charge in [0.05, 0.1) is 20.0 Å². The van der Waals surface area contributed by atoms with Crippen LogP contribution in [0.3, 0.4) is 0 Å². The number of aryl methyl sites for hydroxylation is 1. The minimum Gasteiger partial charge on any atom is -0.497 e. The van der Waals surface area contributed by atoms with Crippen molar-refractivity contribution in [3.05, 3.63) is 60.7 Å². The number of ether oxygens (including phenoxy) is 2. The number of benzene rings is 2. The van der Waals surface area contributed by atoms with Gasteiger partial charge in [0.15, 0.2) is 11.0 Å². The maximum Gasteiger partial charge on any atom is 0.234 e. The van der Waals surface area contributed by atoms with Crippen LogP contribution in [-0.4, -0.2) is 40.6 Å². The molecule has 1 N–H and O–H groups in total. The van der Waals surface area contributed by atoms with E-state index in [0.717, 1.165) is 11.4 Å². The maximum atomic E-state index is 12.5. The van der Waals surface area contributed by atoms with E-state index in [1.807, 2.05) is 35.8 Å².